The van der Waals surface area contributed by atoms with Crippen molar-refractivity contribution in [2.24, 2.45) is 0 Å². The number of hydrogen-bond acceptors (Lipinski definition) is 4. The molecule has 0 bridgehead atoms. The van der Waals surface area contributed by atoms with E-state index < -0.39 is 5.54 Å². The lowest BCUT2D eigenvalue weighted by Crippen LogP contribution is -2.47. The fourth-order valence-electron chi connectivity index (χ4n) is 1.46. The van der Waals surface area contributed by atoms with Gasteiger partial charge in [0, 0.05) is 12.5 Å². The Labute approximate surface area is 108 Å². The summed E-state index contributed by atoms with van der Waals surface area (Å²) in [5.41, 5.74) is -0.609. The minimum atomic E-state index is -0.450. The number of aromatic nitrogens is 3. The molecule has 0 aliphatic heterocycles. The maximum Gasteiger partial charge on any atom is 0.291 e. The van der Waals surface area contributed by atoms with Crippen LogP contribution in [0.2, 0.25) is 0 Å². The number of aromatic amines is 1. The molecule has 0 unspecified atom stereocenters. The molecule has 0 fully saturated rings. The van der Waals surface area contributed by atoms with Gasteiger partial charge in [-0.2, -0.15) is 0 Å². The first kappa shape index (κ1) is 14.6. The molecule has 0 saturated heterocycles. The highest BCUT2D eigenvalue weighted by Crippen LogP contribution is 2.17. The summed E-state index contributed by atoms with van der Waals surface area (Å²) in [5.74, 6) is 0.546. The van der Waals surface area contributed by atoms with Gasteiger partial charge in [0.2, 0.25) is 5.82 Å². The van der Waals surface area contributed by atoms with Gasteiger partial charge in [-0.15, -0.1) is 5.10 Å². The quantitative estimate of drug-likeness (QED) is 0.847. The van der Waals surface area contributed by atoms with Gasteiger partial charge in [-0.25, -0.2) is 4.98 Å². The summed E-state index contributed by atoms with van der Waals surface area (Å²) in [6.07, 6.45) is 0. The molecule has 1 rings (SSSR count). The highest BCUT2D eigenvalue weighted by molar-refractivity contribution is 5.90. The van der Waals surface area contributed by atoms with Crippen LogP contribution in [0.4, 0.5) is 0 Å². The summed E-state index contributed by atoms with van der Waals surface area (Å²) in [6, 6.07) is 0. The number of methoxy groups -OCH3 is 1. The van der Waals surface area contributed by atoms with Crippen molar-refractivity contribution in [3.05, 3.63) is 11.6 Å². The Kier molecular flexibility index (Phi) is 4.11. The van der Waals surface area contributed by atoms with Crippen molar-refractivity contribution >= 4 is 5.91 Å². The van der Waals surface area contributed by atoms with Crippen LogP contribution in [0.1, 0.15) is 51.1 Å². The van der Waals surface area contributed by atoms with Crippen molar-refractivity contribution in [1.29, 1.82) is 0 Å². The van der Waals surface area contributed by atoms with Gasteiger partial charge in [-0.05, 0) is 13.8 Å². The second kappa shape index (κ2) is 5.06. The Morgan fingerprint density at radius 2 is 1.94 bits per heavy atom. The van der Waals surface area contributed by atoms with Gasteiger partial charge >= 0.3 is 0 Å². The van der Waals surface area contributed by atoms with E-state index in [-0.39, 0.29) is 17.1 Å². The van der Waals surface area contributed by atoms with Crippen molar-refractivity contribution in [2.75, 3.05) is 13.7 Å². The van der Waals surface area contributed by atoms with Crippen molar-refractivity contribution in [1.82, 2.24) is 20.5 Å². The molecular weight excluding hydrogens is 232 g/mol. The summed E-state index contributed by atoms with van der Waals surface area (Å²) in [4.78, 5) is 16.2. The van der Waals surface area contributed by atoms with Crippen LogP contribution in [-0.2, 0) is 10.2 Å². The average molecular weight is 254 g/mol. The summed E-state index contributed by atoms with van der Waals surface area (Å²) < 4.78 is 5.04. The fourth-order valence-corrected chi connectivity index (χ4v) is 1.46. The van der Waals surface area contributed by atoms with Crippen LogP contribution >= 0.6 is 0 Å². The van der Waals surface area contributed by atoms with Crippen LogP contribution in [-0.4, -0.2) is 40.3 Å². The van der Waals surface area contributed by atoms with Crippen LogP contribution in [0.3, 0.4) is 0 Å². The zero-order chi connectivity index (χ0) is 14.0. The number of H-pyrrole nitrogens is 1. The topological polar surface area (TPSA) is 79.9 Å². The smallest absolute Gasteiger partial charge is 0.291 e. The molecule has 0 radical (unpaired) electrons. The number of nitrogens with zero attached hydrogens (tertiary/aromatic N) is 2. The highest BCUT2D eigenvalue weighted by Gasteiger charge is 2.25. The highest BCUT2D eigenvalue weighted by atomic mass is 16.5. The number of ether oxygens (including phenoxy) is 1. The predicted octanol–water partition coefficient (Wildman–Crippen LogP) is 1.26. The molecule has 0 atom stereocenters. The second-order valence-electron chi connectivity index (χ2n) is 6.03. The van der Waals surface area contributed by atoms with Crippen molar-refractivity contribution < 1.29 is 9.53 Å². The molecular formula is C12H22N4O2. The summed E-state index contributed by atoms with van der Waals surface area (Å²) in [5, 5.41) is 9.56. The van der Waals surface area contributed by atoms with E-state index in [1.165, 1.54) is 0 Å². The average Bonchev–Trinajstić information content (AvgIpc) is 2.63. The molecule has 1 heterocycles. The lowest BCUT2D eigenvalue weighted by atomic mass is 9.96. The molecule has 0 aromatic carbocycles. The van der Waals surface area contributed by atoms with E-state index >= 15 is 0 Å². The number of nitrogens with one attached hydrogen (secondary N) is 2. The van der Waals surface area contributed by atoms with Crippen LogP contribution in [0.25, 0.3) is 0 Å². The molecule has 18 heavy (non-hydrogen) atoms. The van der Waals surface area contributed by atoms with Crippen molar-refractivity contribution in [2.45, 2.75) is 45.6 Å². The van der Waals surface area contributed by atoms with Gasteiger partial charge in [-0.1, -0.05) is 20.8 Å². The third-order valence-electron chi connectivity index (χ3n) is 2.36. The summed E-state index contributed by atoms with van der Waals surface area (Å²) in [7, 11) is 1.60. The minimum Gasteiger partial charge on any atom is -0.382 e. The van der Waals surface area contributed by atoms with E-state index in [1.807, 2.05) is 34.6 Å². The number of amides is 1. The number of carbonyl (C=O) groups is 1. The third kappa shape index (κ3) is 3.80. The lowest BCUT2D eigenvalue weighted by molar-refractivity contribution is 0.0810. The molecule has 6 heteroatoms. The number of hydrogen-bond donors (Lipinski definition) is 2. The molecule has 0 aliphatic rings. The van der Waals surface area contributed by atoms with E-state index in [2.05, 4.69) is 20.5 Å². The summed E-state index contributed by atoms with van der Waals surface area (Å²) in [6.45, 7) is 10.2. The number of carbonyl (C=O) groups excluding carboxylic acids is 1. The monoisotopic (exact) mass is 254 g/mol. The van der Waals surface area contributed by atoms with E-state index in [9.17, 15) is 4.79 Å². The van der Waals surface area contributed by atoms with E-state index in [0.29, 0.717) is 12.4 Å². The maximum atomic E-state index is 12.0. The zero-order valence-corrected chi connectivity index (χ0v) is 11.9. The van der Waals surface area contributed by atoms with Gasteiger partial charge in [0.25, 0.3) is 5.91 Å². The van der Waals surface area contributed by atoms with Gasteiger partial charge < -0.3 is 10.1 Å². The van der Waals surface area contributed by atoms with E-state index in [1.54, 1.807) is 7.11 Å². The normalized spacial score (nSPS) is 12.6. The zero-order valence-electron chi connectivity index (χ0n) is 11.9. The van der Waals surface area contributed by atoms with Gasteiger partial charge in [0.15, 0.2) is 0 Å². The van der Waals surface area contributed by atoms with Crippen LogP contribution in [0.5, 0.6) is 0 Å². The third-order valence-corrected chi connectivity index (χ3v) is 2.36. The van der Waals surface area contributed by atoms with E-state index in [4.69, 9.17) is 4.74 Å². The molecule has 0 spiro atoms. The molecule has 1 aromatic heterocycles. The molecule has 1 amide bonds. The first-order valence-electron chi connectivity index (χ1n) is 5.90. The molecule has 6 nitrogen and oxygen atoms in total. The summed E-state index contributed by atoms with van der Waals surface area (Å²) >= 11 is 0. The van der Waals surface area contributed by atoms with E-state index in [0.717, 1.165) is 0 Å². The predicted molar refractivity (Wildman–Crippen MR) is 68.5 cm³/mol. The Hall–Kier alpha value is -1.43. The van der Waals surface area contributed by atoms with Crippen LogP contribution in [0, 0.1) is 0 Å². The van der Waals surface area contributed by atoms with Crippen molar-refractivity contribution in [3.8, 4) is 0 Å². The Morgan fingerprint density at radius 3 is 2.39 bits per heavy atom. The Balaban J connectivity index is 2.77. The maximum absolute atomic E-state index is 12.0. The SMILES string of the molecule is COCC(C)(C)NC(=O)c1n[nH]c(C(C)(C)C)n1. The Morgan fingerprint density at radius 1 is 1.33 bits per heavy atom. The molecule has 0 saturated carbocycles. The fraction of sp³-hybridized carbons (Fsp3) is 0.750. The van der Waals surface area contributed by atoms with Crippen LogP contribution < -0.4 is 5.32 Å². The Bertz CT molecular complexity index is 418. The van der Waals surface area contributed by atoms with Crippen molar-refractivity contribution in [3.63, 3.8) is 0 Å². The lowest BCUT2D eigenvalue weighted by Gasteiger charge is -2.24. The van der Waals surface area contributed by atoms with Gasteiger partial charge in [0.1, 0.15) is 5.82 Å². The number of rotatable bonds is 4. The molecule has 2 N–H and O–H groups in total. The molecule has 102 valence electrons. The minimum absolute atomic E-state index is 0.157. The molecule has 0 aliphatic carbocycles. The second-order valence-corrected chi connectivity index (χ2v) is 6.03. The first-order chi connectivity index (χ1) is 8.15. The van der Waals surface area contributed by atoms with Gasteiger partial charge in [-0.3, -0.25) is 9.89 Å². The van der Waals surface area contributed by atoms with Gasteiger partial charge in [0.05, 0.1) is 12.1 Å². The standard InChI is InChI=1S/C12H22N4O2/c1-11(2,3)10-13-8(15-16-10)9(17)14-12(4,5)7-18-6/h7H2,1-6H3,(H,14,17)(H,13,15,16). The van der Waals surface area contributed by atoms with Crippen LogP contribution in [0.15, 0.2) is 0 Å². The first-order valence-corrected chi connectivity index (χ1v) is 5.90. The molecule has 1 aromatic rings. The largest absolute Gasteiger partial charge is 0.382 e.